The minimum absolute atomic E-state index is 0.210. The molecule has 0 aliphatic rings. The average Bonchev–Trinajstić information content (AvgIpc) is 2.11. The molecule has 0 aliphatic heterocycles. The highest BCUT2D eigenvalue weighted by atomic mass is 15.1. The number of imidazole rings is 1. The molecule has 0 aliphatic carbocycles. The number of aryl methyl sites for hydroxylation is 1. The second kappa shape index (κ2) is 2.11. The van der Waals surface area contributed by atoms with Gasteiger partial charge in [0.05, 0.1) is 7.05 Å². The highest BCUT2D eigenvalue weighted by Crippen LogP contribution is 2.10. The van der Waals surface area contributed by atoms with Gasteiger partial charge in [-0.25, -0.2) is 9.13 Å². The van der Waals surface area contributed by atoms with Crippen LogP contribution in [-0.4, -0.2) is 4.57 Å². The van der Waals surface area contributed by atoms with Crippen LogP contribution in [0.2, 0.25) is 0 Å². The molecule has 0 atom stereocenters. The van der Waals surface area contributed by atoms with Crippen LogP contribution >= 0.6 is 0 Å². The fraction of sp³-hybridized carbons (Fsp3) is 0.625. The van der Waals surface area contributed by atoms with Crippen LogP contribution < -0.4 is 4.57 Å². The molecular weight excluding hydrogens is 124 g/mol. The lowest BCUT2D eigenvalue weighted by Crippen LogP contribution is -2.27. The van der Waals surface area contributed by atoms with E-state index in [1.165, 1.54) is 0 Å². The van der Waals surface area contributed by atoms with Crippen LogP contribution in [0.4, 0.5) is 0 Å². The summed E-state index contributed by atoms with van der Waals surface area (Å²) in [5, 5.41) is 0. The van der Waals surface area contributed by atoms with Crippen LogP contribution in [0.5, 0.6) is 0 Å². The van der Waals surface area contributed by atoms with Crippen molar-refractivity contribution >= 4 is 0 Å². The Morgan fingerprint density at radius 2 is 1.90 bits per heavy atom. The lowest BCUT2D eigenvalue weighted by Gasteiger charge is -2.13. The zero-order valence-electron chi connectivity index (χ0n) is 7.13. The minimum Gasteiger partial charge on any atom is -0.240 e. The maximum atomic E-state index is 2.19. The zero-order valence-corrected chi connectivity index (χ0v) is 7.13. The van der Waals surface area contributed by atoms with Crippen LogP contribution in [0.15, 0.2) is 18.7 Å². The molecular formula is C8H15N2+. The molecule has 1 aromatic rings. The Morgan fingerprint density at radius 3 is 2.10 bits per heavy atom. The molecule has 56 valence electrons. The molecule has 0 saturated heterocycles. The smallest absolute Gasteiger partial charge is 0.240 e. The molecule has 0 spiro atoms. The molecule has 0 amide bonds. The number of hydrogen-bond acceptors (Lipinski definition) is 0. The van der Waals surface area contributed by atoms with Crippen molar-refractivity contribution in [3.05, 3.63) is 18.7 Å². The Balaban J connectivity index is 2.96. The molecule has 2 heteroatoms. The van der Waals surface area contributed by atoms with E-state index in [2.05, 4.69) is 37.9 Å². The van der Waals surface area contributed by atoms with Crippen LogP contribution in [0.1, 0.15) is 20.8 Å². The van der Waals surface area contributed by atoms with Crippen LogP contribution in [0.25, 0.3) is 0 Å². The molecule has 1 aromatic heterocycles. The predicted octanol–water partition coefficient (Wildman–Crippen LogP) is 1.07. The van der Waals surface area contributed by atoms with E-state index in [9.17, 15) is 0 Å². The first-order valence-corrected chi connectivity index (χ1v) is 3.54. The van der Waals surface area contributed by atoms with Gasteiger partial charge in [0.2, 0.25) is 6.33 Å². The Hall–Kier alpha value is -0.790. The Labute approximate surface area is 62.1 Å². The summed E-state index contributed by atoms with van der Waals surface area (Å²) in [6.07, 6.45) is 6.21. The Kier molecular flexibility index (Phi) is 1.55. The summed E-state index contributed by atoms with van der Waals surface area (Å²) in [6.45, 7) is 6.56. The van der Waals surface area contributed by atoms with Crippen molar-refractivity contribution < 1.29 is 4.57 Å². The minimum atomic E-state index is 0.210. The lowest BCUT2D eigenvalue weighted by atomic mass is 10.1. The number of hydrogen-bond donors (Lipinski definition) is 0. The average molecular weight is 139 g/mol. The molecule has 1 heterocycles. The first kappa shape index (κ1) is 7.32. The third-order valence-electron chi connectivity index (χ3n) is 1.54. The van der Waals surface area contributed by atoms with Gasteiger partial charge in [0.1, 0.15) is 17.9 Å². The summed E-state index contributed by atoms with van der Waals surface area (Å²) in [4.78, 5) is 0. The van der Waals surface area contributed by atoms with E-state index < -0.39 is 0 Å². The first-order valence-electron chi connectivity index (χ1n) is 3.54. The number of rotatable bonds is 0. The summed E-state index contributed by atoms with van der Waals surface area (Å²) in [6, 6.07) is 0. The molecule has 0 radical (unpaired) electrons. The van der Waals surface area contributed by atoms with E-state index in [1.807, 2.05) is 17.8 Å². The van der Waals surface area contributed by atoms with Crippen molar-refractivity contribution in [2.45, 2.75) is 26.3 Å². The predicted molar refractivity (Wildman–Crippen MR) is 40.6 cm³/mol. The van der Waals surface area contributed by atoms with Crippen molar-refractivity contribution in [2.75, 3.05) is 0 Å². The monoisotopic (exact) mass is 139 g/mol. The summed E-state index contributed by atoms with van der Waals surface area (Å²) in [7, 11) is 2.03. The highest BCUT2D eigenvalue weighted by molar-refractivity contribution is 4.77. The molecule has 1 rings (SSSR count). The van der Waals surface area contributed by atoms with Gasteiger partial charge in [-0.1, -0.05) is 0 Å². The van der Waals surface area contributed by atoms with Gasteiger partial charge in [-0.3, -0.25) is 0 Å². The van der Waals surface area contributed by atoms with Crippen molar-refractivity contribution in [1.29, 1.82) is 0 Å². The van der Waals surface area contributed by atoms with E-state index in [4.69, 9.17) is 0 Å². The van der Waals surface area contributed by atoms with Crippen molar-refractivity contribution in [1.82, 2.24) is 4.57 Å². The number of aromatic nitrogens is 2. The zero-order chi connectivity index (χ0) is 7.78. The van der Waals surface area contributed by atoms with E-state index in [0.717, 1.165) is 0 Å². The van der Waals surface area contributed by atoms with Gasteiger partial charge in [0.15, 0.2) is 0 Å². The maximum absolute atomic E-state index is 2.19. The highest BCUT2D eigenvalue weighted by Gasteiger charge is 2.17. The summed E-state index contributed by atoms with van der Waals surface area (Å²) < 4.78 is 4.23. The SMILES string of the molecule is C[n+]1ccn(C(C)(C)C)c1. The Bertz CT molecular complexity index is 217. The van der Waals surface area contributed by atoms with E-state index in [1.54, 1.807) is 0 Å². The molecule has 0 aromatic carbocycles. The molecule has 2 nitrogen and oxygen atoms in total. The van der Waals surface area contributed by atoms with Crippen LogP contribution in [-0.2, 0) is 12.6 Å². The molecule has 0 bridgehead atoms. The van der Waals surface area contributed by atoms with Gasteiger partial charge in [0, 0.05) is 0 Å². The largest absolute Gasteiger partial charge is 0.243 e. The van der Waals surface area contributed by atoms with E-state index in [0.29, 0.717) is 0 Å². The maximum Gasteiger partial charge on any atom is 0.243 e. The third kappa shape index (κ3) is 1.38. The van der Waals surface area contributed by atoms with Crippen LogP contribution in [0.3, 0.4) is 0 Å². The van der Waals surface area contributed by atoms with Gasteiger partial charge in [0.25, 0.3) is 0 Å². The van der Waals surface area contributed by atoms with Gasteiger partial charge >= 0.3 is 0 Å². The molecule has 0 fully saturated rings. The second-order valence-corrected chi connectivity index (χ2v) is 3.66. The van der Waals surface area contributed by atoms with Crippen molar-refractivity contribution in [3.63, 3.8) is 0 Å². The molecule has 10 heavy (non-hydrogen) atoms. The topological polar surface area (TPSA) is 8.81 Å². The second-order valence-electron chi connectivity index (χ2n) is 3.66. The number of nitrogens with zero attached hydrogens (tertiary/aromatic N) is 2. The van der Waals surface area contributed by atoms with Crippen LogP contribution in [0, 0.1) is 0 Å². The van der Waals surface area contributed by atoms with Crippen molar-refractivity contribution in [2.24, 2.45) is 7.05 Å². The first-order chi connectivity index (χ1) is 4.50. The normalized spacial score (nSPS) is 12.0. The molecule has 0 saturated carbocycles. The van der Waals surface area contributed by atoms with Gasteiger partial charge in [-0.2, -0.15) is 0 Å². The standard InChI is InChI=1S/C8H15N2/c1-8(2,3)10-6-5-9(4)7-10/h5-7H,1-4H3/q+1. The van der Waals surface area contributed by atoms with Gasteiger partial charge in [-0.15, -0.1) is 0 Å². The molecule has 0 N–H and O–H groups in total. The van der Waals surface area contributed by atoms with Crippen molar-refractivity contribution in [3.8, 4) is 0 Å². The van der Waals surface area contributed by atoms with E-state index in [-0.39, 0.29) is 5.54 Å². The summed E-state index contributed by atoms with van der Waals surface area (Å²) >= 11 is 0. The summed E-state index contributed by atoms with van der Waals surface area (Å²) in [5.41, 5.74) is 0.210. The third-order valence-corrected chi connectivity index (χ3v) is 1.54. The summed E-state index contributed by atoms with van der Waals surface area (Å²) in [5.74, 6) is 0. The Morgan fingerprint density at radius 1 is 1.30 bits per heavy atom. The lowest BCUT2D eigenvalue weighted by molar-refractivity contribution is -0.671. The van der Waals surface area contributed by atoms with Gasteiger partial charge < -0.3 is 0 Å². The van der Waals surface area contributed by atoms with E-state index >= 15 is 0 Å². The fourth-order valence-corrected chi connectivity index (χ4v) is 0.847. The fourth-order valence-electron chi connectivity index (χ4n) is 0.847. The quantitative estimate of drug-likeness (QED) is 0.475. The van der Waals surface area contributed by atoms with Gasteiger partial charge in [-0.05, 0) is 20.8 Å². The molecule has 0 unspecified atom stereocenters.